The van der Waals surface area contributed by atoms with Crippen LogP contribution in [0, 0.1) is 0 Å². The highest BCUT2D eigenvalue weighted by molar-refractivity contribution is 7.99. The van der Waals surface area contributed by atoms with E-state index in [9.17, 15) is 42.3 Å². The van der Waals surface area contributed by atoms with Gasteiger partial charge in [0, 0.05) is 50.8 Å². The molecule has 0 bridgehead atoms. The third-order valence-corrected chi connectivity index (χ3v) is 13.8. The Morgan fingerprint density at radius 3 is 1.71 bits per heavy atom. The van der Waals surface area contributed by atoms with E-state index in [-0.39, 0.29) is 43.5 Å². The van der Waals surface area contributed by atoms with E-state index in [2.05, 4.69) is 24.5 Å². The Morgan fingerprint density at radius 1 is 0.692 bits per heavy atom. The van der Waals surface area contributed by atoms with Gasteiger partial charge >= 0.3 is 18.0 Å². The third-order valence-electron chi connectivity index (χ3n) is 11.6. The molecule has 2 N–H and O–H groups in total. The van der Waals surface area contributed by atoms with Crippen LogP contribution in [-0.2, 0) is 33.2 Å². The molecule has 1 aliphatic carbocycles. The van der Waals surface area contributed by atoms with Crippen molar-refractivity contribution in [2.75, 3.05) is 31.3 Å². The zero-order valence-corrected chi connectivity index (χ0v) is 40.3. The molecule has 16 heteroatoms. The first kappa shape index (κ1) is 55.8. The van der Waals surface area contributed by atoms with E-state index in [1.807, 2.05) is 48.5 Å². The van der Waals surface area contributed by atoms with Crippen LogP contribution in [0.25, 0.3) is 11.1 Å². The van der Waals surface area contributed by atoms with Crippen molar-refractivity contribution in [3.8, 4) is 11.1 Å². The first-order valence-corrected chi connectivity index (χ1v) is 26.7. The minimum atomic E-state index is -6.20. The Bertz CT molecular complexity index is 1720. The number of carbonyl (C=O) groups excluding carboxylic acids is 4. The maximum Gasteiger partial charge on any atom is 0.407 e. The van der Waals surface area contributed by atoms with Crippen molar-refractivity contribution < 1.29 is 56.5 Å². The lowest BCUT2D eigenvalue weighted by Crippen LogP contribution is -2.49. The standard InChI is InChI=1S/C49H75F2N2O10PS/c1-3-5-7-9-11-13-15-17-19-30-45(54)61-34-38(63-46(55)31-20-18-16-14-12-10-8-6-4-2)36-65-37-44(47(56)52-33-25-32-49(50,51)64(58,59)60)53-48(57)62-35-43-41-28-23-21-26-39(41)40-27-22-24-29-42(40)43/h21-24,26-29,38,43-44H,3-20,25,30-37H2,1-2H3,(H,52,56)(H,53,57)(H2,58,59,60)/p-2/t38-,44+/m1/s1. The van der Waals surface area contributed by atoms with Gasteiger partial charge in [0.25, 0.3) is 5.66 Å². The van der Waals surface area contributed by atoms with Gasteiger partial charge in [-0.1, -0.05) is 165 Å². The fourth-order valence-electron chi connectivity index (χ4n) is 7.83. The molecule has 2 aromatic carbocycles. The molecule has 366 valence electrons. The van der Waals surface area contributed by atoms with Crippen molar-refractivity contribution in [2.24, 2.45) is 0 Å². The number of benzene rings is 2. The summed E-state index contributed by atoms with van der Waals surface area (Å²) in [6.45, 7) is 3.74. The molecular weight excluding hydrogens is 878 g/mol. The number of carbonyl (C=O) groups is 4. The molecule has 0 unspecified atom stereocenters. The van der Waals surface area contributed by atoms with Crippen molar-refractivity contribution in [2.45, 2.75) is 179 Å². The smallest absolute Gasteiger partial charge is 0.407 e. The maximum atomic E-state index is 13.8. The Kier molecular flexibility index (Phi) is 27.0. The fourth-order valence-corrected chi connectivity index (χ4v) is 9.30. The molecule has 2 aromatic rings. The molecule has 0 saturated carbocycles. The molecule has 1 aliphatic rings. The highest BCUT2D eigenvalue weighted by Crippen LogP contribution is 2.48. The quantitative estimate of drug-likeness (QED) is 0.0287. The summed E-state index contributed by atoms with van der Waals surface area (Å²) < 4.78 is 55.6. The summed E-state index contributed by atoms with van der Waals surface area (Å²) in [7, 11) is -6.20. The topological polar surface area (TPSA) is 183 Å². The van der Waals surface area contributed by atoms with E-state index in [0.717, 1.165) is 72.5 Å². The number of alkyl carbamates (subject to hydrolysis) is 1. The van der Waals surface area contributed by atoms with Crippen LogP contribution in [-0.4, -0.2) is 73.0 Å². The lowest BCUT2D eigenvalue weighted by molar-refractivity contribution is -0.334. The zero-order chi connectivity index (χ0) is 47.3. The van der Waals surface area contributed by atoms with Gasteiger partial charge in [0.15, 0.2) is 0 Å². The number of thioether (sulfide) groups is 1. The van der Waals surface area contributed by atoms with Crippen LogP contribution in [0.2, 0.25) is 0 Å². The number of hydrogen-bond donors (Lipinski definition) is 2. The van der Waals surface area contributed by atoms with Gasteiger partial charge in [-0.2, -0.15) is 11.8 Å². The van der Waals surface area contributed by atoms with E-state index in [1.54, 1.807) is 0 Å². The summed E-state index contributed by atoms with van der Waals surface area (Å²) in [6.07, 6.45) is 16.5. The van der Waals surface area contributed by atoms with Crippen molar-refractivity contribution in [3.63, 3.8) is 0 Å². The summed E-state index contributed by atoms with van der Waals surface area (Å²) in [6, 6.07) is 14.3. The second-order valence-electron chi connectivity index (χ2n) is 17.1. The highest BCUT2D eigenvalue weighted by Gasteiger charge is 2.33. The summed E-state index contributed by atoms with van der Waals surface area (Å²) in [5.41, 5.74) is -0.463. The van der Waals surface area contributed by atoms with Crippen molar-refractivity contribution in [3.05, 3.63) is 59.7 Å². The van der Waals surface area contributed by atoms with Crippen LogP contribution in [0.5, 0.6) is 0 Å². The number of halogens is 2. The highest BCUT2D eigenvalue weighted by atomic mass is 32.2. The van der Waals surface area contributed by atoms with Crippen molar-refractivity contribution in [1.29, 1.82) is 0 Å². The molecule has 2 amide bonds. The van der Waals surface area contributed by atoms with Gasteiger partial charge in [-0.25, -0.2) is 13.6 Å². The molecule has 0 heterocycles. The summed E-state index contributed by atoms with van der Waals surface area (Å²) in [5.74, 6) is -1.85. The number of alkyl halides is 2. The lowest BCUT2D eigenvalue weighted by atomic mass is 9.98. The summed E-state index contributed by atoms with van der Waals surface area (Å²) in [5, 5.41) is 5.00. The first-order chi connectivity index (χ1) is 31.3. The van der Waals surface area contributed by atoms with Gasteiger partial charge in [0.05, 0.1) is 0 Å². The number of ether oxygens (including phenoxy) is 3. The zero-order valence-electron chi connectivity index (χ0n) is 38.6. The second-order valence-corrected chi connectivity index (χ2v) is 19.8. The predicted octanol–water partition coefficient (Wildman–Crippen LogP) is 10.3. The minimum Gasteiger partial charge on any atom is -0.807 e. The Labute approximate surface area is 390 Å². The monoisotopic (exact) mass is 950 g/mol. The Hall–Kier alpha value is -3.52. The molecule has 0 aliphatic heterocycles. The Morgan fingerprint density at radius 2 is 1.18 bits per heavy atom. The van der Waals surface area contributed by atoms with E-state index in [4.69, 9.17) is 14.2 Å². The molecule has 0 saturated heterocycles. The minimum absolute atomic E-state index is 0.0394. The number of hydrogen-bond acceptors (Lipinski definition) is 11. The molecule has 0 radical (unpaired) electrons. The van der Waals surface area contributed by atoms with Crippen LogP contribution < -0.4 is 20.4 Å². The average Bonchev–Trinajstić information content (AvgIpc) is 3.60. The van der Waals surface area contributed by atoms with E-state index in [1.165, 1.54) is 64.2 Å². The molecule has 0 aromatic heterocycles. The maximum absolute atomic E-state index is 13.8. The predicted molar refractivity (Wildman–Crippen MR) is 249 cm³/mol. The molecule has 65 heavy (non-hydrogen) atoms. The largest absolute Gasteiger partial charge is 0.807 e. The average molecular weight is 951 g/mol. The number of unbranched alkanes of at least 4 members (excludes halogenated alkanes) is 16. The molecule has 0 spiro atoms. The molecule has 3 rings (SSSR count). The molecule has 2 atom stereocenters. The van der Waals surface area contributed by atoms with Gasteiger partial charge in [-0.15, -0.1) is 0 Å². The number of rotatable bonds is 36. The molecule has 12 nitrogen and oxygen atoms in total. The van der Waals surface area contributed by atoms with E-state index < -0.39 is 68.7 Å². The van der Waals surface area contributed by atoms with Gasteiger partial charge in [0.2, 0.25) is 5.91 Å². The van der Waals surface area contributed by atoms with Crippen LogP contribution in [0.3, 0.4) is 0 Å². The molecule has 0 fully saturated rings. The van der Waals surface area contributed by atoms with Gasteiger partial charge in [-0.05, 0) is 41.5 Å². The van der Waals surface area contributed by atoms with Crippen LogP contribution in [0.4, 0.5) is 13.6 Å². The van der Waals surface area contributed by atoms with Gasteiger partial charge in [-0.3, -0.25) is 14.4 Å². The van der Waals surface area contributed by atoms with Crippen molar-refractivity contribution >= 4 is 43.3 Å². The third kappa shape index (κ3) is 21.8. The SMILES string of the molecule is CCCCCCCCCCCC(=O)OC[C@H](CSC[C@H](NC(=O)OCC1c2ccccc2-c2ccccc21)C(=O)NCCCC(F)(F)P(=O)([O-])[O-])OC(=O)CCCCCCCCCCC. The first-order valence-electron chi connectivity index (χ1n) is 24.0. The van der Waals surface area contributed by atoms with Crippen LogP contribution >= 0.6 is 19.4 Å². The van der Waals surface area contributed by atoms with E-state index in [0.29, 0.717) is 12.8 Å². The van der Waals surface area contributed by atoms with Crippen LogP contribution in [0.15, 0.2) is 48.5 Å². The Balaban J connectivity index is 1.60. The number of esters is 2. The van der Waals surface area contributed by atoms with E-state index >= 15 is 0 Å². The normalized spacial score (nSPS) is 13.4. The number of fused-ring (bicyclic) bond motifs is 3. The molecular formula is C49H73F2N2O10PS-2. The summed E-state index contributed by atoms with van der Waals surface area (Å²) in [4.78, 5) is 74.4. The number of nitrogens with one attached hydrogen (secondary N) is 2. The van der Waals surface area contributed by atoms with Gasteiger partial charge < -0.3 is 39.2 Å². The second kappa shape index (κ2) is 31.5. The summed E-state index contributed by atoms with van der Waals surface area (Å²) >= 11 is 1.14. The van der Waals surface area contributed by atoms with Crippen LogP contribution in [0.1, 0.15) is 172 Å². The lowest BCUT2D eigenvalue weighted by Gasteiger charge is -2.37. The van der Waals surface area contributed by atoms with Crippen molar-refractivity contribution in [1.82, 2.24) is 10.6 Å². The fraction of sp³-hybridized carbons (Fsp3) is 0.673. The van der Waals surface area contributed by atoms with Gasteiger partial charge in [0.1, 0.15) is 25.4 Å². The number of amides is 2.